The third kappa shape index (κ3) is 3.64. The first-order valence-corrected chi connectivity index (χ1v) is 6.56. The van der Waals surface area contributed by atoms with E-state index in [2.05, 4.69) is 12.6 Å². The molecule has 4 heteroatoms. The monoisotopic (exact) mass is 275 g/mol. The van der Waals surface area contributed by atoms with Crippen molar-refractivity contribution in [2.45, 2.75) is 24.8 Å². The Bertz CT molecular complexity index is 560. The summed E-state index contributed by atoms with van der Waals surface area (Å²) in [4.78, 5) is 14.7. The van der Waals surface area contributed by atoms with Gasteiger partial charge in [0.25, 0.3) is 0 Å². The van der Waals surface area contributed by atoms with Gasteiger partial charge >= 0.3 is 0 Å². The van der Waals surface area contributed by atoms with Gasteiger partial charge in [0.05, 0.1) is 12.7 Å². The molecule has 19 heavy (non-hydrogen) atoms. The van der Waals surface area contributed by atoms with Gasteiger partial charge in [-0.25, -0.2) is 0 Å². The van der Waals surface area contributed by atoms with Crippen LogP contribution in [0.5, 0.6) is 0 Å². The largest absolute Gasteiger partial charge is 0.469 e. The lowest BCUT2D eigenvalue weighted by molar-refractivity contribution is -0.129. The van der Waals surface area contributed by atoms with E-state index in [-0.39, 0.29) is 5.91 Å². The Morgan fingerprint density at radius 1 is 1.26 bits per heavy atom. The van der Waals surface area contributed by atoms with Gasteiger partial charge in [-0.05, 0) is 30.7 Å². The minimum atomic E-state index is 0.0903. The lowest BCUT2D eigenvalue weighted by Gasteiger charge is -2.16. The van der Waals surface area contributed by atoms with Crippen LogP contribution in [0.2, 0.25) is 0 Å². The average molecular weight is 275 g/mol. The summed E-state index contributed by atoms with van der Waals surface area (Å²) < 4.78 is 5.23. The Labute approximate surface area is 118 Å². The molecule has 1 aromatic carbocycles. The number of furan rings is 1. The highest BCUT2D eigenvalue weighted by Crippen LogP contribution is 2.13. The second-order valence-corrected chi connectivity index (χ2v) is 5.11. The van der Waals surface area contributed by atoms with Crippen LogP contribution in [0.15, 0.2) is 45.9 Å². The zero-order chi connectivity index (χ0) is 13.8. The third-order valence-corrected chi connectivity index (χ3v) is 3.39. The zero-order valence-electron chi connectivity index (χ0n) is 11.1. The quantitative estimate of drug-likeness (QED) is 0.870. The Kier molecular flexibility index (Phi) is 4.32. The predicted octanol–water partition coefficient (Wildman–Crippen LogP) is 3.08. The predicted molar refractivity (Wildman–Crippen MR) is 77.3 cm³/mol. The van der Waals surface area contributed by atoms with Crippen LogP contribution in [0.3, 0.4) is 0 Å². The number of amides is 1. The van der Waals surface area contributed by atoms with E-state index in [9.17, 15) is 4.79 Å². The number of thiol groups is 1. The molecule has 0 radical (unpaired) electrons. The van der Waals surface area contributed by atoms with Crippen LogP contribution in [-0.2, 0) is 17.8 Å². The molecule has 3 nitrogen and oxygen atoms in total. The number of nitrogens with zero attached hydrogens (tertiary/aromatic N) is 1. The van der Waals surface area contributed by atoms with Crippen molar-refractivity contribution in [2.75, 3.05) is 7.05 Å². The van der Waals surface area contributed by atoms with E-state index in [1.165, 1.54) is 0 Å². The molecule has 0 atom stereocenters. The van der Waals surface area contributed by atoms with Crippen molar-refractivity contribution in [3.63, 3.8) is 0 Å². The molecule has 0 saturated heterocycles. The number of rotatable bonds is 4. The van der Waals surface area contributed by atoms with E-state index in [0.717, 1.165) is 21.8 Å². The minimum absolute atomic E-state index is 0.0903. The number of benzene rings is 1. The van der Waals surface area contributed by atoms with Crippen molar-refractivity contribution < 1.29 is 9.21 Å². The Morgan fingerprint density at radius 3 is 2.53 bits per heavy atom. The molecule has 0 saturated carbocycles. The van der Waals surface area contributed by atoms with Crippen LogP contribution in [-0.4, -0.2) is 17.9 Å². The normalized spacial score (nSPS) is 10.5. The molecule has 0 fully saturated rings. The summed E-state index contributed by atoms with van der Waals surface area (Å²) in [6.45, 7) is 2.48. The molecule has 0 aliphatic carbocycles. The molecule has 0 aliphatic heterocycles. The van der Waals surface area contributed by atoms with Gasteiger partial charge < -0.3 is 9.32 Å². The molecule has 1 aromatic heterocycles. The molecule has 1 heterocycles. The first-order chi connectivity index (χ1) is 9.06. The highest BCUT2D eigenvalue weighted by atomic mass is 32.1. The summed E-state index contributed by atoms with van der Waals surface area (Å²) in [5, 5.41) is 0. The van der Waals surface area contributed by atoms with Crippen LogP contribution < -0.4 is 0 Å². The Morgan fingerprint density at radius 2 is 1.95 bits per heavy atom. The van der Waals surface area contributed by atoms with Gasteiger partial charge in [0.2, 0.25) is 5.91 Å². The molecule has 1 amide bonds. The maximum absolute atomic E-state index is 12.1. The summed E-state index contributed by atoms with van der Waals surface area (Å²) in [5.41, 5.74) is 2.04. The van der Waals surface area contributed by atoms with E-state index in [4.69, 9.17) is 4.42 Å². The molecule has 0 N–H and O–H groups in total. The van der Waals surface area contributed by atoms with Crippen LogP contribution in [0.25, 0.3) is 0 Å². The van der Waals surface area contributed by atoms with Crippen LogP contribution in [0.4, 0.5) is 0 Å². The fourth-order valence-electron chi connectivity index (χ4n) is 1.84. The van der Waals surface area contributed by atoms with Gasteiger partial charge in [0.1, 0.15) is 5.76 Å². The van der Waals surface area contributed by atoms with Gasteiger partial charge in [-0.1, -0.05) is 12.1 Å². The highest BCUT2D eigenvalue weighted by Gasteiger charge is 2.12. The Balaban J connectivity index is 1.96. The van der Waals surface area contributed by atoms with Gasteiger partial charge in [-0.2, -0.15) is 0 Å². The van der Waals surface area contributed by atoms with E-state index in [1.807, 2.05) is 44.3 Å². The number of hydrogen-bond acceptors (Lipinski definition) is 3. The van der Waals surface area contributed by atoms with E-state index >= 15 is 0 Å². The summed E-state index contributed by atoms with van der Waals surface area (Å²) in [7, 11) is 1.81. The van der Waals surface area contributed by atoms with E-state index < -0.39 is 0 Å². The van der Waals surface area contributed by atoms with Crippen molar-refractivity contribution >= 4 is 18.5 Å². The number of carbonyl (C=O) groups is 1. The summed E-state index contributed by atoms with van der Waals surface area (Å²) in [6, 6.07) is 9.54. The van der Waals surface area contributed by atoms with Crippen molar-refractivity contribution in [3.05, 3.63) is 53.5 Å². The van der Waals surface area contributed by atoms with Crippen LogP contribution >= 0.6 is 12.6 Å². The molecular formula is C15H17NO2S. The fraction of sp³-hybridized carbons (Fsp3) is 0.267. The summed E-state index contributed by atoms with van der Waals surface area (Å²) in [6.07, 6.45) is 2.05. The number of likely N-dealkylation sites (N-methyl/N-ethyl adjacent to an activating group) is 1. The van der Waals surface area contributed by atoms with Crippen molar-refractivity contribution in [2.24, 2.45) is 0 Å². The highest BCUT2D eigenvalue weighted by molar-refractivity contribution is 7.80. The van der Waals surface area contributed by atoms with Gasteiger partial charge in [0.15, 0.2) is 0 Å². The summed E-state index contributed by atoms with van der Waals surface area (Å²) in [5.74, 6) is 0.951. The fourth-order valence-corrected chi connectivity index (χ4v) is 1.99. The van der Waals surface area contributed by atoms with Gasteiger partial charge in [-0.15, -0.1) is 12.6 Å². The third-order valence-electron chi connectivity index (χ3n) is 3.09. The van der Waals surface area contributed by atoms with Gasteiger partial charge in [-0.3, -0.25) is 4.79 Å². The molecule has 2 rings (SSSR count). The molecular weight excluding hydrogens is 258 g/mol. The number of hydrogen-bond donors (Lipinski definition) is 1. The Hall–Kier alpha value is -1.68. The number of aryl methyl sites for hydroxylation is 1. The maximum atomic E-state index is 12.1. The minimum Gasteiger partial charge on any atom is -0.469 e. The molecule has 0 unspecified atom stereocenters. The van der Waals surface area contributed by atoms with E-state index in [0.29, 0.717) is 13.0 Å². The van der Waals surface area contributed by atoms with Crippen LogP contribution in [0.1, 0.15) is 16.9 Å². The first kappa shape index (κ1) is 13.7. The van der Waals surface area contributed by atoms with Crippen LogP contribution in [0, 0.1) is 6.92 Å². The molecule has 0 spiro atoms. The maximum Gasteiger partial charge on any atom is 0.227 e. The number of carbonyl (C=O) groups excluding carboxylic acids is 1. The molecule has 0 aliphatic rings. The standard InChI is InChI=1S/C15H17NO2S/c1-11-13(7-8-18-11)10-16(2)15(17)9-12-3-5-14(19)6-4-12/h3-8,19H,9-10H2,1-2H3. The lowest BCUT2D eigenvalue weighted by Crippen LogP contribution is -2.27. The zero-order valence-corrected chi connectivity index (χ0v) is 12.0. The molecule has 0 bridgehead atoms. The molecule has 100 valence electrons. The van der Waals surface area contributed by atoms with E-state index in [1.54, 1.807) is 11.2 Å². The second-order valence-electron chi connectivity index (χ2n) is 4.60. The smallest absolute Gasteiger partial charge is 0.227 e. The van der Waals surface area contributed by atoms with Crippen molar-refractivity contribution in [1.29, 1.82) is 0 Å². The molecule has 2 aromatic rings. The van der Waals surface area contributed by atoms with Crippen molar-refractivity contribution in [1.82, 2.24) is 4.90 Å². The average Bonchev–Trinajstić information content (AvgIpc) is 2.78. The second kappa shape index (κ2) is 5.97. The SMILES string of the molecule is Cc1occc1CN(C)C(=O)Cc1ccc(S)cc1. The topological polar surface area (TPSA) is 33.5 Å². The summed E-state index contributed by atoms with van der Waals surface area (Å²) >= 11 is 4.23. The lowest BCUT2D eigenvalue weighted by atomic mass is 10.1. The van der Waals surface area contributed by atoms with Gasteiger partial charge in [0, 0.05) is 24.1 Å². The van der Waals surface area contributed by atoms with Crippen molar-refractivity contribution in [3.8, 4) is 0 Å². The first-order valence-electron chi connectivity index (χ1n) is 6.11.